The van der Waals surface area contributed by atoms with Crippen LogP contribution in [0.15, 0.2) is 24.3 Å². The summed E-state index contributed by atoms with van der Waals surface area (Å²) < 4.78 is 0. The number of nitrogens with zero attached hydrogens (tertiary/aromatic N) is 1. The first-order chi connectivity index (χ1) is 18.5. The molecule has 208 valence electrons. The lowest BCUT2D eigenvalue weighted by molar-refractivity contribution is -0.144. The molecule has 5 fully saturated rings. The van der Waals surface area contributed by atoms with Crippen LogP contribution in [-0.2, 0) is 29.4 Å². The molecule has 1 aromatic carbocycles. The summed E-state index contributed by atoms with van der Waals surface area (Å²) in [6.45, 7) is 5.18. The average Bonchev–Trinajstić information content (AvgIpc) is 3.85. The molecule has 9 nitrogen and oxygen atoms in total. The van der Waals surface area contributed by atoms with Gasteiger partial charge in [0.1, 0.15) is 6.04 Å². The molecule has 0 unspecified atom stereocenters. The van der Waals surface area contributed by atoms with Crippen LogP contribution in [0.25, 0.3) is 0 Å². The fraction of sp³-hybridized carbons (Fsp3) is 0.621. The van der Waals surface area contributed by atoms with E-state index >= 15 is 0 Å². The molecule has 3 aliphatic carbocycles. The number of rotatable bonds is 9. The molecule has 5 atom stereocenters. The van der Waals surface area contributed by atoms with Crippen molar-refractivity contribution in [1.82, 2.24) is 20.9 Å². The van der Waals surface area contributed by atoms with Gasteiger partial charge in [-0.2, -0.15) is 0 Å². The predicted octanol–water partition coefficient (Wildman–Crippen LogP) is 1.71. The van der Waals surface area contributed by atoms with E-state index in [-0.39, 0.29) is 41.5 Å². The van der Waals surface area contributed by atoms with Gasteiger partial charge in [-0.1, -0.05) is 37.6 Å². The third kappa shape index (κ3) is 4.62. The van der Waals surface area contributed by atoms with Crippen LogP contribution in [0.5, 0.6) is 0 Å². The molecule has 4 amide bonds. The lowest BCUT2D eigenvalue weighted by Crippen LogP contribution is -2.57. The number of hydrogen-bond acceptors (Lipinski definition) is 5. The lowest BCUT2D eigenvalue weighted by Gasteiger charge is -2.34. The van der Waals surface area contributed by atoms with E-state index in [0.717, 1.165) is 18.4 Å². The molecule has 3 N–H and O–H groups in total. The number of amides is 4. The lowest BCUT2D eigenvalue weighted by atomic mass is 9.91. The topological polar surface area (TPSA) is 125 Å². The molecule has 3 saturated carbocycles. The van der Waals surface area contributed by atoms with Gasteiger partial charge < -0.3 is 20.9 Å². The number of halogens is 1. The van der Waals surface area contributed by atoms with Crippen LogP contribution >= 0.6 is 11.6 Å². The molecule has 39 heavy (non-hydrogen) atoms. The second-order valence-corrected chi connectivity index (χ2v) is 13.1. The summed E-state index contributed by atoms with van der Waals surface area (Å²) in [7, 11) is 0. The Labute approximate surface area is 232 Å². The Kier molecular flexibility index (Phi) is 6.28. The van der Waals surface area contributed by atoms with Crippen molar-refractivity contribution in [2.45, 2.75) is 75.9 Å². The zero-order valence-electron chi connectivity index (χ0n) is 22.3. The molecular formula is C29H35ClN4O5. The third-order valence-electron chi connectivity index (χ3n) is 9.73. The van der Waals surface area contributed by atoms with Crippen molar-refractivity contribution in [3.8, 4) is 0 Å². The molecule has 0 aromatic heterocycles. The van der Waals surface area contributed by atoms with E-state index < -0.39 is 41.0 Å². The number of ketones is 1. The summed E-state index contributed by atoms with van der Waals surface area (Å²) >= 11 is 6.24. The van der Waals surface area contributed by atoms with Gasteiger partial charge in [-0.3, -0.25) is 24.0 Å². The molecule has 2 heterocycles. The van der Waals surface area contributed by atoms with Crippen molar-refractivity contribution in [2.24, 2.45) is 23.2 Å². The maximum absolute atomic E-state index is 14.0. The molecule has 2 saturated heterocycles. The molecular weight excluding hydrogens is 520 g/mol. The maximum Gasteiger partial charge on any atom is 0.289 e. The first-order valence-electron chi connectivity index (χ1n) is 14.0. The Hall–Kier alpha value is -2.94. The van der Waals surface area contributed by atoms with Gasteiger partial charge >= 0.3 is 0 Å². The fourth-order valence-electron chi connectivity index (χ4n) is 6.89. The number of carbonyl (C=O) groups is 5. The van der Waals surface area contributed by atoms with Gasteiger partial charge in [0.25, 0.3) is 5.91 Å². The number of piperidine rings is 1. The van der Waals surface area contributed by atoms with Gasteiger partial charge in [0.15, 0.2) is 0 Å². The highest BCUT2D eigenvalue weighted by molar-refractivity contribution is 6.38. The predicted molar refractivity (Wildman–Crippen MR) is 142 cm³/mol. The minimum atomic E-state index is -1.13. The summed E-state index contributed by atoms with van der Waals surface area (Å²) in [5, 5.41) is 8.86. The number of likely N-dealkylation sites (tertiary alicyclic amines) is 1. The summed E-state index contributed by atoms with van der Waals surface area (Å²) in [6, 6.07) is 5.45. The number of hydrogen-bond donors (Lipinski definition) is 3. The first-order valence-corrected chi connectivity index (χ1v) is 14.4. The van der Waals surface area contributed by atoms with Gasteiger partial charge in [0.05, 0.1) is 11.5 Å². The first kappa shape index (κ1) is 26.3. The van der Waals surface area contributed by atoms with Crippen molar-refractivity contribution < 1.29 is 24.0 Å². The molecule has 1 aromatic rings. The van der Waals surface area contributed by atoms with Gasteiger partial charge in [-0.25, -0.2) is 0 Å². The monoisotopic (exact) mass is 554 g/mol. The highest BCUT2D eigenvalue weighted by Crippen LogP contribution is 2.66. The summed E-state index contributed by atoms with van der Waals surface area (Å²) in [5.74, 6) is -2.49. The van der Waals surface area contributed by atoms with Crippen molar-refractivity contribution in [3.63, 3.8) is 0 Å². The third-order valence-corrected chi connectivity index (χ3v) is 9.96. The Morgan fingerprint density at radius 1 is 1.15 bits per heavy atom. The maximum atomic E-state index is 14.0. The van der Waals surface area contributed by atoms with Crippen LogP contribution in [0.2, 0.25) is 5.02 Å². The van der Waals surface area contributed by atoms with E-state index in [1.54, 1.807) is 11.0 Å². The van der Waals surface area contributed by atoms with Crippen LogP contribution in [0.4, 0.5) is 0 Å². The van der Waals surface area contributed by atoms with Gasteiger partial charge in [0, 0.05) is 30.1 Å². The number of Topliss-reactive ketones (excluding diaryl/α,β-unsaturated/α-hetero) is 1. The van der Waals surface area contributed by atoms with Crippen LogP contribution in [0, 0.1) is 23.2 Å². The highest BCUT2D eigenvalue weighted by Gasteiger charge is 2.71. The Morgan fingerprint density at radius 3 is 2.51 bits per heavy atom. The van der Waals surface area contributed by atoms with Crippen LogP contribution in [-0.4, -0.2) is 65.5 Å². The van der Waals surface area contributed by atoms with Crippen molar-refractivity contribution in [2.75, 3.05) is 13.1 Å². The van der Waals surface area contributed by atoms with Gasteiger partial charge in [-0.15, -0.1) is 0 Å². The zero-order valence-corrected chi connectivity index (χ0v) is 23.1. The highest BCUT2D eigenvalue weighted by atomic mass is 35.5. The minimum Gasteiger partial charge on any atom is -0.356 e. The van der Waals surface area contributed by atoms with E-state index in [1.807, 2.05) is 18.2 Å². The molecule has 5 aliphatic rings. The standard InChI is InChI=1S/C29H35ClN4O5/c1-28(2)19-14-34(27(39)29(9-10-29)16-4-3-5-17(30)13-16)22(21(19)28)25(37)33-20(12-15-8-11-31-24(15)36)23(35)26(38)32-18-6-7-18/h3-5,13,15,18-22H,6-12,14H2,1-2H3,(H,31,36)(H,32,38)(H,33,37)/t15-,19-,20-,21-,22-/m0/s1. The SMILES string of the molecule is CC1(C)[C@@H]2[C@@H](C(=O)N[C@@H](C[C@@H]3CCNC3=O)C(=O)C(=O)NC3CC3)N(C(=O)C3(c4cccc(Cl)c4)CC3)C[C@@H]21. The molecule has 6 rings (SSSR count). The molecule has 0 spiro atoms. The van der Waals surface area contributed by atoms with E-state index in [2.05, 4.69) is 29.8 Å². The second kappa shape index (κ2) is 9.32. The van der Waals surface area contributed by atoms with E-state index in [9.17, 15) is 24.0 Å². The van der Waals surface area contributed by atoms with Gasteiger partial charge in [-0.05, 0) is 73.5 Å². The quantitative estimate of drug-likeness (QED) is 0.401. The average molecular weight is 555 g/mol. The molecule has 10 heteroatoms. The molecule has 0 bridgehead atoms. The fourth-order valence-corrected chi connectivity index (χ4v) is 7.08. The van der Waals surface area contributed by atoms with Crippen LogP contribution in [0.3, 0.4) is 0 Å². The number of fused-ring (bicyclic) bond motifs is 1. The number of nitrogens with one attached hydrogen (secondary N) is 3. The van der Waals surface area contributed by atoms with E-state index in [1.165, 1.54) is 0 Å². The normalized spacial score (nSPS) is 30.1. The smallest absolute Gasteiger partial charge is 0.289 e. The number of benzene rings is 1. The largest absolute Gasteiger partial charge is 0.356 e. The van der Waals surface area contributed by atoms with Crippen molar-refractivity contribution in [1.29, 1.82) is 0 Å². The van der Waals surface area contributed by atoms with Crippen molar-refractivity contribution in [3.05, 3.63) is 34.9 Å². The summed E-state index contributed by atoms with van der Waals surface area (Å²) in [4.78, 5) is 67.9. The van der Waals surface area contributed by atoms with Crippen LogP contribution < -0.4 is 16.0 Å². The van der Waals surface area contributed by atoms with E-state index in [0.29, 0.717) is 37.4 Å². The Balaban J connectivity index is 1.24. The second-order valence-electron chi connectivity index (χ2n) is 12.6. The van der Waals surface area contributed by atoms with Crippen LogP contribution in [0.1, 0.15) is 57.9 Å². The Bertz CT molecular complexity index is 1260. The van der Waals surface area contributed by atoms with Gasteiger partial charge in [0.2, 0.25) is 23.5 Å². The summed E-state index contributed by atoms with van der Waals surface area (Å²) in [6.07, 6.45) is 3.62. The zero-order chi connectivity index (χ0) is 27.7. The molecule has 0 radical (unpaired) electrons. The number of carbonyl (C=O) groups excluding carboxylic acids is 5. The van der Waals surface area contributed by atoms with Crippen molar-refractivity contribution >= 4 is 41.0 Å². The summed E-state index contributed by atoms with van der Waals surface area (Å²) in [5.41, 5.74) is 0.0573. The molecule has 2 aliphatic heterocycles. The van der Waals surface area contributed by atoms with E-state index in [4.69, 9.17) is 11.6 Å². The minimum absolute atomic E-state index is 0.00947. The Morgan fingerprint density at radius 2 is 1.90 bits per heavy atom.